The minimum Gasteiger partial charge on any atom is -0.383 e. The Morgan fingerprint density at radius 3 is 2.34 bits per heavy atom. The van der Waals surface area contributed by atoms with Crippen LogP contribution in [-0.4, -0.2) is 62.5 Å². The Hall–Kier alpha value is -1.64. The number of anilines is 1. The standard InChI is InChI=1S/C21H28F3N3OS/c1-4-18(21(22,23)24)16-5-7-17(8-6-16)19-15(2)29-20(25-19)27-11-9-26(10-12-27)13-14-28-3/h5-8,18H,4,9-14H2,1-3H3. The van der Waals surface area contributed by atoms with Gasteiger partial charge in [-0.1, -0.05) is 31.2 Å². The van der Waals surface area contributed by atoms with Crippen molar-refractivity contribution in [2.24, 2.45) is 0 Å². The van der Waals surface area contributed by atoms with Gasteiger partial charge in [-0.3, -0.25) is 4.90 Å². The minimum atomic E-state index is -4.22. The minimum absolute atomic E-state index is 0.0408. The first-order valence-corrected chi connectivity index (χ1v) is 10.8. The van der Waals surface area contributed by atoms with E-state index in [0.717, 1.165) is 60.6 Å². The molecule has 2 heterocycles. The Morgan fingerprint density at radius 2 is 1.79 bits per heavy atom. The highest BCUT2D eigenvalue weighted by Crippen LogP contribution is 2.38. The van der Waals surface area contributed by atoms with Crippen molar-refractivity contribution >= 4 is 16.5 Å². The van der Waals surface area contributed by atoms with Crippen LogP contribution in [0.2, 0.25) is 0 Å². The van der Waals surface area contributed by atoms with Crippen molar-refractivity contribution in [1.29, 1.82) is 0 Å². The summed E-state index contributed by atoms with van der Waals surface area (Å²) in [7, 11) is 1.72. The molecule has 0 aliphatic carbocycles. The van der Waals surface area contributed by atoms with E-state index in [9.17, 15) is 13.2 Å². The quantitative estimate of drug-likeness (QED) is 0.626. The fraction of sp³-hybridized carbons (Fsp3) is 0.571. The number of hydrogen-bond donors (Lipinski definition) is 0. The van der Waals surface area contributed by atoms with Gasteiger partial charge in [-0.2, -0.15) is 13.2 Å². The van der Waals surface area contributed by atoms with E-state index in [4.69, 9.17) is 9.72 Å². The summed E-state index contributed by atoms with van der Waals surface area (Å²) < 4.78 is 44.7. The van der Waals surface area contributed by atoms with E-state index in [2.05, 4.69) is 9.80 Å². The van der Waals surface area contributed by atoms with Gasteiger partial charge >= 0.3 is 6.18 Å². The molecule has 160 valence electrons. The fourth-order valence-corrected chi connectivity index (χ4v) is 4.68. The Labute approximate surface area is 174 Å². The van der Waals surface area contributed by atoms with E-state index in [-0.39, 0.29) is 6.42 Å². The molecule has 1 aromatic heterocycles. The Bertz CT molecular complexity index is 783. The van der Waals surface area contributed by atoms with E-state index >= 15 is 0 Å². The second-order valence-corrected chi connectivity index (χ2v) is 8.53. The van der Waals surface area contributed by atoms with Gasteiger partial charge in [-0.05, 0) is 18.9 Å². The number of benzene rings is 1. The number of methoxy groups -OCH3 is 1. The van der Waals surface area contributed by atoms with Crippen LogP contribution in [0.5, 0.6) is 0 Å². The van der Waals surface area contributed by atoms with Gasteiger partial charge < -0.3 is 9.64 Å². The number of piperazine rings is 1. The summed E-state index contributed by atoms with van der Waals surface area (Å²) in [5.74, 6) is -1.42. The molecular formula is C21H28F3N3OS. The molecule has 2 aromatic rings. The van der Waals surface area contributed by atoms with Crippen LogP contribution in [-0.2, 0) is 4.74 Å². The van der Waals surface area contributed by atoms with E-state index in [1.165, 1.54) is 0 Å². The molecule has 0 amide bonds. The van der Waals surface area contributed by atoms with Crippen LogP contribution in [0.3, 0.4) is 0 Å². The first-order valence-electron chi connectivity index (χ1n) is 9.94. The zero-order valence-electron chi connectivity index (χ0n) is 17.1. The monoisotopic (exact) mass is 427 g/mol. The third-order valence-electron chi connectivity index (χ3n) is 5.43. The molecule has 0 bridgehead atoms. The highest BCUT2D eigenvalue weighted by molar-refractivity contribution is 7.16. The van der Waals surface area contributed by atoms with Crippen LogP contribution in [0.25, 0.3) is 11.3 Å². The molecule has 1 aliphatic rings. The third kappa shape index (κ3) is 5.29. The van der Waals surface area contributed by atoms with Crippen molar-refractivity contribution < 1.29 is 17.9 Å². The van der Waals surface area contributed by atoms with Crippen LogP contribution < -0.4 is 4.90 Å². The molecule has 4 nitrogen and oxygen atoms in total. The first-order chi connectivity index (χ1) is 13.8. The molecule has 1 aliphatic heterocycles. The van der Waals surface area contributed by atoms with Gasteiger partial charge in [0.15, 0.2) is 5.13 Å². The number of halogens is 3. The van der Waals surface area contributed by atoms with Gasteiger partial charge in [-0.25, -0.2) is 4.98 Å². The average Bonchev–Trinajstić information content (AvgIpc) is 3.08. The summed E-state index contributed by atoms with van der Waals surface area (Å²) in [4.78, 5) is 10.6. The van der Waals surface area contributed by atoms with Gasteiger partial charge in [0.05, 0.1) is 18.2 Å². The van der Waals surface area contributed by atoms with E-state index in [1.54, 1.807) is 49.6 Å². The molecule has 1 aromatic carbocycles. The van der Waals surface area contributed by atoms with Gasteiger partial charge in [0.2, 0.25) is 0 Å². The predicted molar refractivity (Wildman–Crippen MR) is 112 cm³/mol. The van der Waals surface area contributed by atoms with Crippen LogP contribution in [0.1, 0.15) is 29.7 Å². The van der Waals surface area contributed by atoms with Crippen LogP contribution >= 0.6 is 11.3 Å². The van der Waals surface area contributed by atoms with E-state index in [1.807, 2.05) is 6.92 Å². The molecule has 3 rings (SSSR count). The normalized spacial score (nSPS) is 17.0. The molecule has 8 heteroatoms. The number of nitrogens with zero attached hydrogens (tertiary/aromatic N) is 3. The molecule has 29 heavy (non-hydrogen) atoms. The number of hydrogen-bond acceptors (Lipinski definition) is 5. The molecule has 0 spiro atoms. The molecule has 0 N–H and O–H groups in total. The highest BCUT2D eigenvalue weighted by atomic mass is 32.1. The summed E-state index contributed by atoms with van der Waals surface area (Å²) in [6.45, 7) is 9.04. The number of aryl methyl sites for hydroxylation is 1. The Kier molecular flexibility index (Phi) is 7.19. The third-order valence-corrected chi connectivity index (χ3v) is 6.46. The van der Waals surface area contributed by atoms with Crippen LogP contribution in [0, 0.1) is 6.92 Å². The maximum Gasteiger partial charge on any atom is 0.395 e. The lowest BCUT2D eigenvalue weighted by Crippen LogP contribution is -2.47. The van der Waals surface area contributed by atoms with Crippen LogP contribution in [0.4, 0.5) is 18.3 Å². The average molecular weight is 428 g/mol. The molecular weight excluding hydrogens is 399 g/mol. The molecule has 0 saturated carbocycles. The summed E-state index contributed by atoms with van der Waals surface area (Å²) in [5, 5.41) is 0.981. The molecule has 1 atom stereocenters. The molecule has 1 saturated heterocycles. The summed E-state index contributed by atoms with van der Waals surface area (Å²) in [5.41, 5.74) is 2.03. The smallest absolute Gasteiger partial charge is 0.383 e. The number of alkyl halides is 3. The lowest BCUT2D eigenvalue weighted by atomic mass is 9.94. The van der Waals surface area contributed by atoms with Gasteiger partial charge in [0, 0.05) is 50.3 Å². The maximum absolute atomic E-state index is 13.2. The second-order valence-electron chi connectivity index (χ2n) is 7.35. The van der Waals surface area contributed by atoms with Crippen molar-refractivity contribution in [2.75, 3.05) is 51.3 Å². The predicted octanol–water partition coefficient (Wildman–Crippen LogP) is 4.94. The van der Waals surface area contributed by atoms with E-state index in [0.29, 0.717) is 5.56 Å². The van der Waals surface area contributed by atoms with Crippen LogP contribution in [0.15, 0.2) is 24.3 Å². The number of thiazole rings is 1. The fourth-order valence-electron chi connectivity index (χ4n) is 3.70. The van der Waals surface area contributed by atoms with Crippen molar-refractivity contribution in [3.05, 3.63) is 34.7 Å². The topological polar surface area (TPSA) is 28.6 Å². The van der Waals surface area contributed by atoms with Crippen molar-refractivity contribution in [3.8, 4) is 11.3 Å². The highest BCUT2D eigenvalue weighted by Gasteiger charge is 2.39. The van der Waals surface area contributed by atoms with E-state index < -0.39 is 12.1 Å². The van der Waals surface area contributed by atoms with Gasteiger partial charge in [0.25, 0.3) is 0 Å². The molecule has 1 fully saturated rings. The number of ether oxygens (including phenoxy) is 1. The summed E-state index contributed by atoms with van der Waals surface area (Å²) in [6, 6.07) is 6.70. The lowest BCUT2D eigenvalue weighted by Gasteiger charge is -2.34. The van der Waals surface area contributed by atoms with Gasteiger partial charge in [0.1, 0.15) is 0 Å². The SMILES string of the molecule is CCC(c1ccc(-c2nc(N3CCN(CCOC)CC3)sc2C)cc1)C(F)(F)F. The summed E-state index contributed by atoms with van der Waals surface area (Å²) >= 11 is 1.65. The lowest BCUT2D eigenvalue weighted by molar-refractivity contribution is -0.151. The molecule has 1 unspecified atom stereocenters. The second kappa shape index (κ2) is 9.45. The largest absolute Gasteiger partial charge is 0.395 e. The van der Waals surface area contributed by atoms with Crippen molar-refractivity contribution in [1.82, 2.24) is 9.88 Å². The van der Waals surface area contributed by atoms with Gasteiger partial charge in [-0.15, -0.1) is 11.3 Å². The maximum atomic E-state index is 13.2. The molecule has 0 radical (unpaired) electrons. The Morgan fingerprint density at radius 1 is 1.14 bits per heavy atom. The first kappa shape index (κ1) is 22.1. The zero-order chi connectivity index (χ0) is 21.0. The number of rotatable bonds is 7. The van der Waals surface area contributed by atoms with Crippen molar-refractivity contribution in [3.63, 3.8) is 0 Å². The zero-order valence-corrected chi connectivity index (χ0v) is 17.9. The summed E-state index contributed by atoms with van der Waals surface area (Å²) in [6.07, 6.45) is -4.18. The van der Waals surface area contributed by atoms with Crippen molar-refractivity contribution in [2.45, 2.75) is 32.4 Å². The Balaban J connectivity index is 1.71. The number of aromatic nitrogens is 1.